The number of hydrogen-bond donors (Lipinski definition) is 5. The van der Waals surface area contributed by atoms with E-state index < -0.39 is 6.03 Å². The summed E-state index contributed by atoms with van der Waals surface area (Å²) in [6, 6.07) is 16.8. The molecule has 0 aliphatic rings. The number of carbonyl (C=O) groups is 1. The Morgan fingerprint density at radius 1 is 1.00 bits per heavy atom. The van der Waals surface area contributed by atoms with Gasteiger partial charge in [-0.1, -0.05) is 35.6 Å². The molecule has 4 aromatic rings. The van der Waals surface area contributed by atoms with Gasteiger partial charge in [-0.05, 0) is 67.8 Å². The summed E-state index contributed by atoms with van der Waals surface area (Å²) in [4.78, 5) is 24.6. The van der Waals surface area contributed by atoms with Crippen LogP contribution >= 0.6 is 0 Å². The van der Waals surface area contributed by atoms with Crippen LogP contribution in [-0.2, 0) is 0 Å². The fourth-order valence-electron chi connectivity index (χ4n) is 3.63. The fraction of sp³-hybridized carbons (Fsp3) is 0.120. The predicted octanol–water partition coefficient (Wildman–Crippen LogP) is 5.95. The van der Waals surface area contributed by atoms with Crippen LogP contribution in [0.1, 0.15) is 16.8 Å². The van der Waals surface area contributed by atoms with Crippen molar-refractivity contribution in [1.29, 1.82) is 5.53 Å². The van der Waals surface area contributed by atoms with Crippen LogP contribution in [0.3, 0.4) is 0 Å². The van der Waals surface area contributed by atoms with Gasteiger partial charge in [0.25, 0.3) is 5.56 Å². The molecule has 1 aromatic heterocycles. The third-order valence-corrected chi connectivity index (χ3v) is 5.65. The summed E-state index contributed by atoms with van der Waals surface area (Å²) in [5.74, 6) is -0.133. The van der Waals surface area contributed by atoms with Crippen molar-refractivity contribution in [3.8, 4) is 22.6 Å². The molecule has 11 heteroatoms. The number of aromatic hydroxyl groups is 1. The van der Waals surface area contributed by atoms with E-state index >= 15 is 0 Å². The molecule has 0 aliphatic heterocycles. The lowest BCUT2D eigenvalue weighted by atomic mass is 10.0. The van der Waals surface area contributed by atoms with E-state index in [-0.39, 0.29) is 22.7 Å². The first-order valence-electron chi connectivity index (χ1n) is 11.0. The van der Waals surface area contributed by atoms with E-state index in [1.807, 2.05) is 37.5 Å². The SMILES string of the molecule is Cc1ccc(-n2[nH]c(C)c(N=Nc3cccc(-c4cccc(NC(=O)NN=N)c4)c3O)c2=O)cc1C. The topological polar surface area (TPSA) is 160 Å². The summed E-state index contributed by atoms with van der Waals surface area (Å²) in [6.07, 6.45) is 0. The number of hydrogen-bond acceptors (Lipinski definition) is 7. The van der Waals surface area contributed by atoms with Crippen molar-refractivity contribution in [2.45, 2.75) is 20.8 Å². The lowest BCUT2D eigenvalue weighted by Crippen LogP contribution is -2.23. The minimum absolute atomic E-state index is 0.133. The Balaban J connectivity index is 1.65. The number of rotatable bonds is 6. The van der Waals surface area contributed by atoms with Crippen LogP contribution in [0.5, 0.6) is 5.75 Å². The molecule has 0 radical (unpaired) electrons. The number of anilines is 1. The molecule has 0 unspecified atom stereocenters. The van der Waals surface area contributed by atoms with Gasteiger partial charge in [0, 0.05) is 11.3 Å². The maximum absolute atomic E-state index is 13.0. The molecule has 1 heterocycles. The minimum atomic E-state index is -0.665. The van der Waals surface area contributed by atoms with Crippen LogP contribution in [0.15, 0.2) is 80.9 Å². The van der Waals surface area contributed by atoms with Crippen molar-refractivity contribution in [2.24, 2.45) is 15.5 Å². The summed E-state index contributed by atoms with van der Waals surface area (Å²) in [5.41, 5.74) is 13.5. The highest BCUT2D eigenvalue weighted by atomic mass is 16.3. The zero-order chi connectivity index (χ0) is 25.8. The number of H-pyrrole nitrogens is 1. The first-order valence-corrected chi connectivity index (χ1v) is 11.0. The number of carbonyl (C=O) groups excluding carboxylic acids is 1. The average molecular weight is 485 g/mol. The van der Waals surface area contributed by atoms with E-state index in [1.54, 1.807) is 49.4 Å². The number of urea groups is 1. The second-order valence-corrected chi connectivity index (χ2v) is 8.13. The molecule has 182 valence electrons. The van der Waals surface area contributed by atoms with Crippen molar-refractivity contribution in [2.75, 3.05) is 5.32 Å². The molecule has 11 nitrogen and oxygen atoms in total. The summed E-state index contributed by atoms with van der Waals surface area (Å²) >= 11 is 0. The number of nitrogens with one attached hydrogen (secondary N) is 4. The molecule has 0 spiro atoms. The van der Waals surface area contributed by atoms with E-state index in [0.717, 1.165) is 11.1 Å². The highest BCUT2D eigenvalue weighted by molar-refractivity contribution is 5.90. The van der Waals surface area contributed by atoms with Gasteiger partial charge in [0.1, 0.15) is 5.69 Å². The van der Waals surface area contributed by atoms with Gasteiger partial charge in [-0.3, -0.25) is 9.89 Å². The second-order valence-electron chi connectivity index (χ2n) is 8.13. The number of amides is 2. The Labute approximate surface area is 206 Å². The van der Waals surface area contributed by atoms with Gasteiger partial charge >= 0.3 is 6.03 Å². The van der Waals surface area contributed by atoms with Gasteiger partial charge in [0.2, 0.25) is 0 Å². The highest BCUT2D eigenvalue weighted by Gasteiger charge is 2.14. The molecular formula is C25H24N8O3. The quantitative estimate of drug-likeness (QED) is 0.169. The van der Waals surface area contributed by atoms with E-state index in [0.29, 0.717) is 28.2 Å². The number of para-hydroxylation sites is 1. The van der Waals surface area contributed by atoms with Gasteiger partial charge in [0.05, 0.1) is 11.4 Å². The Bertz CT molecular complexity index is 1550. The number of phenolic OH excluding ortho intramolecular Hbond substituents is 1. The van der Waals surface area contributed by atoms with Crippen LogP contribution in [0.4, 0.5) is 21.9 Å². The van der Waals surface area contributed by atoms with E-state index in [1.165, 1.54) is 4.68 Å². The largest absolute Gasteiger partial charge is 0.505 e. The van der Waals surface area contributed by atoms with Crippen LogP contribution in [0, 0.1) is 26.3 Å². The maximum Gasteiger partial charge on any atom is 0.340 e. The van der Waals surface area contributed by atoms with E-state index in [2.05, 4.69) is 25.9 Å². The van der Waals surface area contributed by atoms with Gasteiger partial charge in [-0.2, -0.15) is 5.53 Å². The molecule has 0 saturated heterocycles. The van der Waals surface area contributed by atoms with Crippen molar-refractivity contribution in [1.82, 2.24) is 15.2 Å². The normalized spacial score (nSPS) is 11.0. The minimum Gasteiger partial charge on any atom is -0.505 e. The molecule has 0 aliphatic carbocycles. The predicted molar refractivity (Wildman–Crippen MR) is 136 cm³/mol. The number of aromatic amines is 1. The summed E-state index contributed by atoms with van der Waals surface area (Å²) in [6.45, 7) is 5.71. The molecule has 4 rings (SSSR count). The highest BCUT2D eigenvalue weighted by Crippen LogP contribution is 2.38. The Morgan fingerprint density at radius 2 is 1.78 bits per heavy atom. The van der Waals surface area contributed by atoms with Gasteiger partial charge < -0.3 is 10.4 Å². The zero-order valence-corrected chi connectivity index (χ0v) is 19.8. The summed E-state index contributed by atoms with van der Waals surface area (Å²) in [7, 11) is 0. The lowest BCUT2D eigenvalue weighted by Gasteiger charge is -2.09. The number of aryl methyl sites for hydroxylation is 3. The van der Waals surface area contributed by atoms with Crippen molar-refractivity contribution >= 4 is 23.1 Å². The third-order valence-electron chi connectivity index (χ3n) is 5.65. The Morgan fingerprint density at radius 3 is 2.53 bits per heavy atom. The van der Waals surface area contributed by atoms with Crippen LogP contribution in [0.2, 0.25) is 0 Å². The number of aromatic nitrogens is 2. The molecule has 0 fully saturated rings. The first-order chi connectivity index (χ1) is 17.3. The number of phenols is 1. The molecule has 0 bridgehead atoms. The van der Waals surface area contributed by atoms with Crippen molar-refractivity contribution in [3.63, 3.8) is 0 Å². The first kappa shape index (κ1) is 24.1. The molecule has 5 N–H and O–H groups in total. The molecule has 0 saturated carbocycles. The van der Waals surface area contributed by atoms with Crippen LogP contribution in [0.25, 0.3) is 16.8 Å². The van der Waals surface area contributed by atoms with Crippen LogP contribution < -0.4 is 16.3 Å². The smallest absolute Gasteiger partial charge is 0.340 e. The molecule has 36 heavy (non-hydrogen) atoms. The molecule has 3 aromatic carbocycles. The van der Waals surface area contributed by atoms with Gasteiger partial charge in [-0.15, -0.1) is 10.2 Å². The van der Waals surface area contributed by atoms with E-state index in [4.69, 9.17) is 5.53 Å². The number of azo groups is 1. The maximum atomic E-state index is 13.0. The average Bonchev–Trinajstić information content (AvgIpc) is 3.13. The van der Waals surface area contributed by atoms with Gasteiger partial charge in [0.15, 0.2) is 11.4 Å². The van der Waals surface area contributed by atoms with Crippen LogP contribution in [-0.4, -0.2) is 20.9 Å². The van der Waals surface area contributed by atoms with Crippen molar-refractivity contribution in [3.05, 3.63) is 87.8 Å². The number of benzene rings is 3. The summed E-state index contributed by atoms with van der Waals surface area (Å²) < 4.78 is 1.41. The molecule has 0 atom stereocenters. The number of nitrogens with zero attached hydrogens (tertiary/aromatic N) is 4. The fourth-order valence-corrected chi connectivity index (χ4v) is 3.63. The zero-order valence-electron chi connectivity index (χ0n) is 19.8. The lowest BCUT2D eigenvalue weighted by molar-refractivity contribution is 0.251. The molecule has 2 amide bonds. The second kappa shape index (κ2) is 10.1. The third kappa shape index (κ3) is 4.89. The van der Waals surface area contributed by atoms with Crippen molar-refractivity contribution < 1.29 is 9.90 Å². The Hall–Kier alpha value is -5.06. The standard InChI is InChI=1S/C25H24N8O3/c1-14-10-11-19(12-15(14)2)33-24(35)22(16(3)31-33)29-28-21-9-5-8-20(23(21)34)17-6-4-7-18(13-17)27-25(36)30-32-26/h4-13,31,34H,1-3H3,(H3,26,27,30,36). The Kier molecular flexibility index (Phi) is 6.72. The van der Waals surface area contributed by atoms with Gasteiger partial charge in [-0.25, -0.2) is 14.9 Å². The monoisotopic (exact) mass is 484 g/mol. The van der Waals surface area contributed by atoms with E-state index in [9.17, 15) is 14.7 Å². The molecular weight excluding hydrogens is 460 g/mol. The summed E-state index contributed by atoms with van der Waals surface area (Å²) in [5, 5.41) is 27.5.